The van der Waals surface area contributed by atoms with Crippen LogP contribution >= 0.6 is 11.6 Å². The van der Waals surface area contributed by atoms with E-state index in [0.29, 0.717) is 27.4 Å². The van der Waals surface area contributed by atoms with E-state index in [1.165, 1.54) is 6.21 Å². The number of aromatic hydroxyl groups is 1. The van der Waals surface area contributed by atoms with Gasteiger partial charge in [-0.3, -0.25) is 9.59 Å². The van der Waals surface area contributed by atoms with Crippen molar-refractivity contribution in [2.75, 3.05) is 5.32 Å². The number of carbonyl (C=O) groups excluding carboxylic acids is 2. The number of fused-ring (bicyclic) bond motifs is 1. The quantitative estimate of drug-likeness (QED) is 0.292. The van der Waals surface area contributed by atoms with Crippen LogP contribution in [0, 0.1) is 0 Å². The number of nitrogens with one attached hydrogen (secondary N) is 2. The number of hydrogen-bond acceptors (Lipinski definition) is 4. The molecule has 7 heteroatoms. The molecule has 0 spiro atoms. The minimum Gasteiger partial charge on any atom is -0.507 e. The van der Waals surface area contributed by atoms with Gasteiger partial charge in [-0.05, 0) is 53.2 Å². The Balaban J connectivity index is 1.47. The number of anilines is 1. The minimum atomic E-state index is -0.458. The van der Waals surface area contributed by atoms with Crippen molar-refractivity contribution in [2.24, 2.45) is 5.10 Å². The second kappa shape index (κ2) is 9.32. The van der Waals surface area contributed by atoms with Crippen molar-refractivity contribution in [3.05, 3.63) is 107 Å². The Hall–Kier alpha value is -4.16. The Bertz CT molecular complexity index is 1350. The first-order valence-electron chi connectivity index (χ1n) is 9.72. The number of hydrazone groups is 1. The Morgan fingerprint density at radius 1 is 0.844 bits per heavy atom. The molecule has 0 saturated heterocycles. The molecule has 0 bridgehead atoms. The molecule has 0 unspecified atom stereocenters. The van der Waals surface area contributed by atoms with Gasteiger partial charge in [-0.2, -0.15) is 5.10 Å². The van der Waals surface area contributed by atoms with Gasteiger partial charge in [0.25, 0.3) is 11.8 Å². The fourth-order valence-corrected chi connectivity index (χ4v) is 3.40. The zero-order valence-electron chi connectivity index (χ0n) is 16.7. The second-order valence-electron chi connectivity index (χ2n) is 6.96. The summed E-state index contributed by atoms with van der Waals surface area (Å²) < 4.78 is 0. The summed E-state index contributed by atoms with van der Waals surface area (Å²) in [5.41, 5.74) is 4.13. The fourth-order valence-electron chi connectivity index (χ4n) is 3.21. The Morgan fingerprint density at radius 2 is 1.59 bits per heavy atom. The van der Waals surface area contributed by atoms with Crippen molar-refractivity contribution in [2.45, 2.75) is 0 Å². The van der Waals surface area contributed by atoms with Gasteiger partial charge >= 0.3 is 0 Å². The third kappa shape index (κ3) is 4.77. The second-order valence-corrected chi connectivity index (χ2v) is 7.40. The van der Waals surface area contributed by atoms with Crippen molar-refractivity contribution in [3.63, 3.8) is 0 Å². The summed E-state index contributed by atoms with van der Waals surface area (Å²) in [6.07, 6.45) is 1.40. The Labute approximate surface area is 189 Å². The zero-order chi connectivity index (χ0) is 22.5. The third-order valence-corrected chi connectivity index (χ3v) is 5.01. The lowest BCUT2D eigenvalue weighted by Crippen LogP contribution is -2.18. The highest BCUT2D eigenvalue weighted by atomic mass is 35.5. The first-order chi connectivity index (χ1) is 15.5. The summed E-state index contributed by atoms with van der Waals surface area (Å²) in [6.45, 7) is 0. The van der Waals surface area contributed by atoms with Gasteiger partial charge in [0, 0.05) is 27.4 Å². The number of nitrogens with zero attached hydrogens (tertiary/aromatic N) is 1. The summed E-state index contributed by atoms with van der Waals surface area (Å²) in [7, 11) is 0. The molecule has 0 heterocycles. The third-order valence-electron chi connectivity index (χ3n) is 4.78. The maximum Gasteiger partial charge on any atom is 0.271 e. The molecule has 4 rings (SSSR count). The fraction of sp³-hybridized carbons (Fsp3) is 0. The average molecular weight is 444 g/mol. The van der Waals surface area contributed by atoms with Crippen LogP contribution in [-0.2, 0) is 0 Å². The number of amides is 2. The first kappa shape index (κ1) is 21.1. The molecule has 158 valence electrons. The number of halogens is 1. The van der Waals surface area contributed by atoms with Crippen LogP contribution in [-0.4, -0.2) is 23.1 Å². The molecule has 2 amide bonds. The summed E-state index contributed by atoms with van der Waals surface area (Å²) >= 11 is 5.93. The first-order valence-corrected chi connectivity index (χ1v) is 10.1. The Kier molecular flexibility index (Phi) is 6.14. The number of phenolic OH excluding ortho intramolecular Hbond substituents is 1. The van der Waals surface area contributed by atoms with E-state index in [4.69, 9.17) is 11.6 Å². The topological polar surface area (TPSA) is 90.8 Å². The van der Waals surface area contributed by atoms with Crippen LogP contribution in [0.25, 0.3) is 10.8 Å². The molecule has 0 saturated carbocycles. The lowest BCUT2D eigenvalue weighted by molar-refractivity contribution is 0.0953. The highest BCUT2D eigenvalue weighted by Crippen LogP contribution is 2.25. The standard InChI is InChI=1S/C25H18ClN3O3/c26-19-8-3-6-17(13-19)24(31)28-20-9-4-7-18(14-20)25(32)29-27-15-22-21-10-2-1-5-16(21)11-12-23(22)30/h1-15,30H,(H,28,31)(H,29,32)/b27-15-. The van der Waals surface area contributed by atoms with E-state index in [-0.39, 0.29) is 11.7 Å². The van der Waals surface area contributed by atoms with Gasteiger partial charge < -0.3 is 10.4 Å². The van der Waals surface area contributed by atoms with Crippen molar-refractivity contribution >= 4 is 46.1 Å². The van der Waals surface area contributed by atoms with E-state index < -0.39 is 5.91 Å². The van der Waals surface area contributed by atoms with E-state index >= 15 is 0 Å². The number of hydrogen-bond donors (Lipinski definition) is 3. The van der Waals surface area contributed by atoms with Crippen LogP contribution in [0.5, 0.6) is 5.75 Å². The van der Waals surface area contributed by atoms with Crippen molar-refractivity contribution in [1.82, 2.24) is 5.43 Å². The van der Waals surface area contributed by atoms with E-state index in [1.807, 2.05) is 30.3 Å². The molecule has 0 aliphatic heterocycles. The van der Waals surface area contributed by atoms with Crippen LogP contribution in [0.2, 0.25) is 5.02 Å². The van der Waals surface area contributed by atoms with Crippen molar-refractivity contribution in [1.29, 1.82) is 0 Å². The van der Waals surface area contributed by atoms with Crippen LogP contribution < -0.4 is 10.7 Å². The maximum absolute atomic E-state index is 12.5. The molecule has 0 aliphatic rings. The predicted octanol–water partition coefficient (Wildman–Crippen LogP) is 5.22. The normalized spacial score (nSPS) is 10.9. The largest absolute Gasteiger partial charge is 0.507 e. The Morgan fingerprint density at radius 3 is 2.41 bits per heavy atom. The van der Waals surface area contributed by atoms with Gasteiger partial charge in [0.1, 0.15) is 5.75 Å². The summed E-state index contributed by atoms with van der Waals surface area (Å²) in [4.78, 5) is 24.9. The number of rotatable bonds is 5. The van der Waals surface area contributed by atoms with Crippen LogP contribution in [0.3, 0.4) is 0 Å². The lowest BCUT2D eigenvalue weighted by Gasteiger charge is -2.08. The molecule has 4 aromatic rings. The molecular weight excluding hydrogens is 426 g/mol. The molecule has 0 aliphatic carbocycles. The van der Waals surface area contributed by atoms with Gasteiger partial charge in [0.2, 0.25) is 0 Å². The molecule has 4 aromatic carbocycles. The molecule has 0 aromatic heterocycles. The van der Waals surface area contributed by atoms with E-state index in [0.717, 1.165) is 10.8 Å². The van der Waals surface area contributed by atoms with E-state index in [9.17, 15) is 14.7 Å². The zero-order valence-corrected chi connectivity index (χ0v) is 17.5. The number of phenols is 1. The molecule has 0 atom stereocenters. The van der Waals surface area contributed by atoms with Crippen LogP contribution in [0.15, 0.2) is 90.0 Å². The van der Waals surface area contributed by atoms with Gasteiger partial charge in [-0.1, -0.05) is 54.1 Å². The molecule has 3 N–H and O–H groups in total. The predicted molar refractivity (Wildman–Crippen MR) is 127 cm³/mol. The van der Waals surface area contributed by atoms with E-state index in [1.54, 1.807) is 54.6 Å². The SMILES string of the molecule is O=C(N/N=C\c1c(O)ccc2ccccc12)c1cccc(NC(=O)c2cccc(Cl)c2)c1. The monoisotopic (exact) mass is 443 g/mol. The van der Waals surface area contributed by atoms with Crippen molar-refractivity contribution in [3.8, 4) is 5.75 Å². The van der Waals surface area contributed by atoms with Crippen molar-refractivity contribution < 1.29 is 14.7 Å². The molecule has 0 radical (unpaired) electrons. The minimum absolute atomic E-state index is 0.0624. The van der Waals surface area contributed by atoms with Gasteiger partial charge in [-0.25, -0.2) is 5.43 Å². The smallest absolute Gasteiger partial charge is 0.271 e. The van der Waals surface area contributed by atoms with Crippen LogP contribution in [0.1, 0.15) is 26.3 Å². The molecule has 0 fully saturated rings. The number of benzene rings is 4. The highest BCUT2D eigenvalue weighted by Gasteiger charge is 2.10. The van der Waals surface area contributed by atoms with Crippen LogP contribution in [0.4, 0.5) is 5.69 Å². The van der Waals surface area contributed by atoms with Gasteiger partial charge in [-0.15, -0.1) is 0 Å². The lowest BCUT2D eigenvalue weighted by atomic mass is 10.0. The highest BCUT2D eigenvalue weighted by molar-refractivity contribution is 6.31. The summed E-state index contributed by atoms with van der Waals surface area (Å²) in [5.74, 6) is -0.734. The number of carbonyl (C=O) groups is 2. The molecule has 32 heavy (non-hydrogen) atoms. The summed E-state index contributed by atoms with van der Waals surface area (Å²) in [6, 6.07) is 24.0. The van der Waals surface area contributed by atoms with Gasteiger partial charge in [0.05, 0.1) is 6.21 Å². The molecule has 6 nitrogen and oxygen atoms in total. The molecular formula is C25H18ClN3O3. The summed E-state index contributed by atoms with van der Waals surface area (Å²) in [5, 5.41) is 19.1. The van der Waals surface area contributed by atoms with Gasteiger partial charge in [0.15, 0.2) is 0 Å². The average Bonchev–Trinajstić information content (AvgIpc) is 2.80. The van der Waals surface area contributed by atoms with E-state index in [2.05, 4.69) is 15.8 Å². The maximum atomic E-state index is 12.5.